The van der Waals surface area contributed by atoms with Crippen molar-refractivity contribution >= 4 is 5.97 Å². The minimum atomic E-state index is -1.53. The number of aliphatic hydroxyl groups excluding tert-OH is 4. The van der Waals surface area contributed by atoms with Crippen LogP contribution in [0.1, 0.15) is 123 Å². The minimum Gasteiger partial charge on any atom is -0.457 e. The lowest BCUT2D eigenvalue weighted by Gasteiger charge is -2.39. The van der Waals surface area contributed by atoms with E-state index in [4.69, 9.17) is 18.9 Å². The Morgan fingerprint density at radius 3 is 2.02 bits per heavy atom. The molecule has 0 aromatic carbocycles. The lowest BCUT2D eigenvalue weighted by Crippen LogP contribution is -2.59. The van der Waals surface area contributed by atoms with Crippen molar-refractivity contribution in [3.8, 4) is 0 Å². The molecule has 6 atom stereocenters. The van der Waals surface area contributed by atoms with Gasteiger partial charge in [0.15, 0.2) is 6.29 Å². The second-order valence-corrected chi connectivity index (χ2v) is 11.6. The molecule has 1 aliphatic heterocycles. The van der Waals surface area contributed by atoms with Crippen LogP contribution in [-0.4, -0.2) is 89.6 Å². The average molecular weight is 615 g/mol. The number of allylic oxidation sites excluding steroid dienone is 4. The van der Waals surface area contributed by atoms with E-state index in [9.17, 15) is 25.2 Å². The van der Waals surface area contributed by atoms with Crippen molar-refractivity contribution in [3.05, 3.63) is 24.3 Å². The number of rotatable bonds is 27. The summed E-state index contributed by atoms with van der Waals surface area (Å²) in [6.07, 6.45) is 19.7. The summed E-state index contributed by atoms with van der Waals surface area (Å²) < 4.78 is 22.4. The molecule has 1 heterocycles. The van der Waals surface area contributed by atoms with Gasteiger partial charge in [-0.1, -0.05) is 95.9 Å². The van der Waals surface area contributed by atoms with Crippen molar-refractivity contribution in [2.75, 3.05) is 26.4 Å². The third kappa shape index (κ3) is 19.6. The van der Waals surface area contributed by atoms with Crippen LogP contribution in [-0.2, 0) is 23.7 Å². The zero-order valence-corrected chi connectivity index (χ0v) is 27.0. The standard InChI is InChI=1S/C34H62O9/c1-3-5-7-9-10-11-12-13-14-15-16-17-18-19-20-22-24-40-26-28(42-30(36)23-21-8-6-4-2)27-41-34-33(39)32(38)31(37)29(25-35)43-34/h10-11,13-14,28-29,31-35,37-39H,3-9,12,15-27H2,1-2H3/b11-10-,14-13-. The summed E-state index contributed by atoms with van der Waals surface area (Å²) in [7, 11) is 0. The monoisotopic (exact) mass is 614 g/mol. The molecule has 1 saturated heterocycles. The third-order valence-corrected chi connectivity index (χ3v) is 7.62. The zero-order valence-electron chi connectivity index (χ0n) is 27.0. The van der Waals surface area contributed by atoms with Gasteiger partial charge in [-0.05, 0) is 44.9 Å². The molecule has 0 saturated carbocycles. The molecular weight excluding hydrogens is 552 g/mol. The first-order valence-corrected chi connectivity index (χ1v) is 16.9. The van der Waals surface area contributed by atoms with E-state index in [2.05, 4.69) is 38.2 Å². The van der Waals surface area contributed by atoms with Crippen LogP contribution in [0.3, 0.4) is 0 Å². The molecule has 0 aromatic heterocycles. The summed E-state index contributed by atoms with van der Waals surface area (Å²) in [5, 5.41) is 39.6. The first-order chi connectivity index (χ1) is 20.9. The summed E-state index contributed by atoms with van der Waals surface area (Å²) in [6, 6.07) is 0. The SMILES string of the molecule is CCCCC/C=C\C/C=C\CCCCCCCCOCC(COC1OC(CO)C(O)C(O)C1O)OC(=O)CCCCCC. The molecule has 1 fully saturated rings. The van der Waals surface area contributed by atoms with Gasteiger partial charge in [-0.25, -0.2) is 0 Å². The molecule has 4 N–H and O–H groups in total. The van der Waals surface area contributed by atoms with Crippen molar-refractivity contribution in [2.24, 2.45) is 0 Å². The zero-order chi connectivity index (χ0) is 31.5. The molecule has 0 radical (unpaired) electrons. The third-order valence-electron chi connectivity index (χ3n) is 7.62. The van der Waals surface area contributed by atoms with Gasteiger partial charge in [0.1, 0.15) is 30.5 Å². The molecular formula is C34H62O9. The summed E-state index contributed by atoms with van der Waals surface area (Å²) in [6.45, 7) is 4.36. The summed E-state index contributed by atoms with van der Waals surface area (Å²) in [5.74, 6) is -0.337. The van der Waals surface area contributed by atoms with E-state index in [0.29, 0.717) is 13.0 Å². The van der Waals surface area contributed by atoms with Crippen molar-refractivity contribution in [3.63, 3.8) is 0 Å². The fourth-order valence-corrected chi connectivity index (χ4v) is 4.87. The van der Waals surface area contributed by atoms with E-state index in [-0.39, 0.29) is 19.2 Å². The first-order valence-electron chi connectivity index (χ1n) is 16.9. The molecule has 0 aromatic rings. The second-order valence-electron chi connectivity index (χ2n) is 11.6. The number of hydrogen-bond acceptors (Lipinski definition) is 9. The van der Waals surface area contributed by atoms with E-state index in [0.717, 1.165) is 57.8 Å². The fourth-order valence-electron chi connectivity index (χ4n) is 4.87. The van der Waals surface area contributed by atoms with Crippen LogP contribution in [0.2, 0.25) is 0 Å². The molecule has 9 nitrogen and oxygen atoms in total. The Morgan fingerprint density at radius 2 is 1.35 bits per heavy atom. The highest BCUT2D eigenvalue weighted by Gasteiger charge is 2.44. The van der Waals surface area contributed by atoms with Gasteiger partial charge in [-0.3, -0.25) is 4.79 Å². The van der Waals surface area contributed by atoms with Gasteiger partial charge in [0, 0.05) is 13.0 Å². The van der Waals surface area contributed by atoms with Gasteiger partial charge in [-0.15, -0.1) is 0 Å². The Hall–Kier alpha value is -1.33. The highest BCUT2D eigenvalue weighted by atomic mass is 16.7. The normalized spacial score (nSPS) is 23.3. The number of unbranched alkanes of at least 4 members (excludes halogenated alkanes) is 12. The minimum absolute atomic E-state index is 0.118. The van der Waals surface area contributed by atoms with Crippen molar-refractivity contribution in [2.45, 2.75) is 160 Å². The molecule has 0 spiro atoms. The number of aliphatic hydroxyl groups is 4. The van der Waals surface area contributed by atoms with E-state index in [1.54, 1.807) is 0 Å². The van der Waals surface area contributed by atoms with Gasteiger partial charge < -0.3 is 39.4 Å². The highest BCUT2D eigenvalue weighted by molar-refractivity contribution is 5.69. The molecule has 43 heavy (non-hydrogen) atoms. The lowest BCUT2D eigenvalue weighted by molar-refractivity contribution is -0.305. The molecule has 0 amide bonds. The van der Waals surface area contributed by atoms with Crippen LogP contribution in [0.4, 0.5) is 0 Å². The van der Waals surface area contributed by atoms with E-state index in [1.807, 2.05) is 0 Å². The number of carbonyl (C=O) groups excluding carboxylic acids is 1. The molecule has 1 aliphatic rings. The van der Waals surface area contributed by atoms with Crippen LogP contribution in [0, 0.1) is 0 Å². The Morgan fingerprint density at radius 1 is 0.744 bits per heavy atom. The van der Waals surface area contributed by atoms with Crippen molar-refractivity contribution < 1.29 is 44.2 Å². The Balaban J connectivity index is 2.27. The van der Waals surface area contributed by atoms with E-state index in [1.165, 1.54) is 44.9 Å². The Bertz CT molecular complexity index is 712. The van der Waals surface area contributed by atoms with Gasteiger partial charge in [-0.2, -0.15) is 0 Å². The maximum absolute atomic E-state index is 12.4. The maximum atomic E-state index is 12.4. The van der Waals surface area contributed by atoms with Crippen LogP contribution in [0.25, 0.3) is 0 Å². The topological polar surface area (TPSA) is 135 Å². The van der Waals surface area contributed by atoms with Crippen LogP contribution in [0.15, 0.2) is 24.3 Å². The second kappa shape index (κ2) is 27.0. The van der Waals surface area contributed by atoms with Crippen molar-refractivity contribution in [1.29, 1.82) is 0 Å². The maximum Gasteiger partial charge on any atom is 0.306 e. The lowest BCUT2D eigenvalue weighted by atomic mass is 9.99. The fraction of sp³-hybridized carbons (Fsp3) is 0.853. The van der Waals surface area contributed by atoms with Gasteiger partial charge in [0.2, 0.25) is 0 Å². The molecule has 252 valence electrons. The van der Waals surface area contributed by atoms with Crippen LogP contribution < -0.4 is 0 Å². The summed E-state index contributed by atoms with van der Waals surface area (Å²) in [4.78, 5) is 12.4. The highest BCUT2D eigenvalue weighted by Crippen LogP contribution is 2.22. The van der Waals surface area contributed by atoms with Crippen molar-refractivity contribution in [1.82, 2.24) is 0 Å². The van der Waals surface area contributed by atoms with Gasteiger partial charge >= 0.3 is 5.97 Å². The van der Waals surface area contributed by atoms with E-state index < -0.39 is 43.4 Å². The predicted octanol–water partition coefficient (Wildman–Crippen LogP) is 5.52. The largest absolute Gasteiger partial charge is 0.457 e. The van der Waals surface area contributed by atoms with E-state index >= 15 is 0 Å². The molecule has 0 aliphatic carbocycles. The van der Waals surface area contributed by atoms with Crippen LogP contribution >= 0.6 is 0 Å². The first kappa shape index (κ1) is 39.7. The number of ether oxygens (including phenoxy) is 4. The molecule has 0 bridgehead atoms. The van der Waals surface area contributed by atoms with Gasteiger partial charge in [0.05, 0.1) is 19.8 Å². The summed E-state index contributed by atoms with van der Waals surface area (Å²) in [5.41, 5.74) is 0. The van der Waals surface area contributed by atoms with Gasteiger partial charge in [0.25, 0.3) is 0 Å². The smallest absolute Gasteiger partial charge is 0.306 e. The quantitative estimate of drug-likeness (QED) is 0.0536. The number of hydrogen-bond donors (Lipinski definition) is 4. The Labute approximate surface area is 260 Å². The average Bonchev–Trinajstić information content (AvgIpc) is 3.00. The molecule has 9 heteroatoms. The predicted molar refractivity (Wildman–Crippen MR) is 169 cm³/mol. The van der Waals surface area contributed by atoms with Crippen LogP contribution in [0.5, 0.6) is 0 Å². The number of esters is 1. The number of carbonyl (C=O) groups is 1. The Kier molecular flexibility index (Phi) is 24.9. The molecule has 1 rings (SSSR count). The molecule has 6 unspecified atom stereocenters. The summed E-state index contributed by atoms with van der Waals surface area (Å²) >= 11 is 0.